The maximum atomic E-state index is 14.7. The van der Waals surface area contributed by atoms with E-state index in [1.54, 1.807) is 17.0 Å². The fraction of sp³-hybridized carbons (Fsp3) is 0.412. The monoisotopic (exact) mass is 374 g/mol. The number of imidazole rings is 1. The smallest absolute Gasteiger partial charge is 0.277 e. The molecule has 7 nitrogen and oxygen atoms in total. The molecule has 3 aromatic rings. The second kappa shape index (κ2) is 5.51. The minimum atomic E-state index is -0.703. The van der Waals surface area contributed by atoms with E-state index in [9.17, 15) is 9.18 Å². The van der Waals surface area contributed by atoms with Crippen molar-refractivity contribution in [3.8, 4) is 0 Å². The molecule has 5 rings (SSSR count). The Morgan fingerprint density at radius 2 is 2.08 bits per heavy atom. The Morgan fingerprint density at radius 1 is 1.27 bits per heavy atom. The van der Waals surface area contributed by atoms with Crippen LogP contribution in [0.3, 0.4) is 0 Å². The summed E-state index contributed by atoms with van der Waals surface area (Å²) < 4.78 is 17.8. The van der Waals surface area contributed by atoms with Crippen molar-refractivity contribution < 1.29 is 9.18 Å². The summed E-state index contributed by atoms with van der Waals surface area (Å²) in [4.78, 5) is 23.3. The first-order valence-electron chi connectivity index (χ1n) is 8.61. The second-order valence-electron chi connectivity index (χ2n) is 6.83. The van der Waals surface area contributed by atoms with Crippen LogP contribution in [0.1, 0.15) is 53.9 Å². The third kappa shape index (κ3) is 2.32. The molecule has 26 heavy (non-hydrogen) atoms. The highest BCUT2D eigenvalue weighted by molar-refractivity contribution is 6.30. The van der Waals surface area contributed by atoms with E-state index in [0.29, 0.717) is 29.7 Å². The Bertz CT molecular complexity index is 1040. The van der Waals surface area contributed by atoms with Crippen molar-refractivity contribution in [2.75, 3.05) is 6.54 Å². The van der Waals surface area contributed by atoms with Crippen LogP contribution in [0.5, 0.6) is 0 Å². The van der Waals surface area contributed by atoms with E-state index in [0.717, 1.165) is 24.5 Å². The maximum absolute atomic E-state index is 14.7. The van der Waals surface area contributed by atoms with Crippen LogP contribution in [0.2, 0.25) is 5.02 Å². The molecule has 0 N–H and O–H groups in total. The van der Waals surface area contributed by atoms with Gasteiger partial charge < -0.3 is 4.90 Å². The molecule has 3 aromatic heterocycles. The van der Waals surface area contributed by atoms with Crippen LogP contribution in [0, 0.1) is 5.95 Å². The first kappa shape index (κ1) is 15.7. The lowest BCUT2D eigenvalue weighted by atomic mass is 10.2. The van der Waals surface area contributed by atoms with Crippen LogP contribution >= 0.6 is 11.6 Å². The Morgan fingerprint density at radius 3 is 2.85 bits per heavy atom. The van der Waals surface area contributed by atoms with Gasteiger partial charge in [0.15, 0.2) is 11.5 Å². The van der Waals surface area contributed by atoms with Crippen molar-refractivity contribution in [2.45, 2.75) is 38.3 Å². The molecule has 1 fully saturated rings. The largest absolute Gasteiger partial charge is 0.325 e. The summed E-state index contributed by atoms with van der Waals surface area (Å²) in [5, 5.41) is 4.93. The lowest BCUT2D eigenvalue weighted by molar-refractivity contribution is 0.0620. The van der Waals surface area contributed by atoms with Gasteiger partial charge in [-0.25, -0.2) is 14.6 Å². The Balaban J connectivity index is 1.49. The number of halogens is 2. The number of amides is 1. The highest BCUT2D eigenvalue weighted by Gasteiger charge is 2.36. The number of pyridine rings is 1. The third-order valence-corrected chi connectivity index (χ3v) is 5.26. The number of rotatable bonds is 2. The van der Waals surface area contributed by atoms with E-state index in [2.05, 4.69) is 15.1 Å². The van der Waals surface area contributed by atoms with Gasteiger partial charge >= 0.3 is 0 Å². The van der Waals surface area contributed by atoms with Crippen molar-refractivity contribution in [3.05, 3.63) is 46.6 Å². The summed E-state index contributed by atoms with van der Waals surface area (Å²) in [6.45, 7) is 2.87. The van der Waals surface area contributed by atoms with Crippen molar-refractivity contribution in [3.63, 3.8) is 0 Å². The van der Waals surface area contributed by atoms with E-state index in [-0.39, 0.29) is 11.7 Å². The highest BCUT2D eigenvalue weighted by Crippen LogP contribution is 2.39. The van der Waals surface area contributed by atoms with Gasteiger partial charge in [-0.3, -0.25) is 9.20 Å². The average molecular weight is 375 g/mol. The normalized spacial score (nSPS) is 19.8. The van der Waals surface area contributed by atoms with Crippen LogP contribution in [-0.2, 0) is 6.54 Å². The van der Waals surface area contributed by atoms with Crippen LogP contribution in [-0.4, -0.2) is 41.5 Å². The molecule has 1 aliphatic heterocycles. The average Bonchev–Trinajstić information content (AvgIpc) is 3.30. The zero-order chi connectivity index (χ0) is 18.0. The molecule has 9 heteroatoms. The van der Waals surface area contributed by atoms with Gasteiger partial charge in [0.1, 0.15) is 11.5 Å². The van der Waals surface area contributed by atoms with Gasteiger partial charge in [0, 0.05) is 18.7 Å². The molecule has 4 heterocycles. The molecule has 0 aromatic carbocycles. The Hall–Kier alpha value is -2.48. The molecule has 0 saturated heterocycles. The lowest BCUT2D eigenvalue weighted by Crippen LogP contribution is -2.42. The quantitative estimate of drug-likeness (QED) is 0.691. The summed E-state index contributed by atoms with van der Waals surface area (Å²) >= 11 is 5.91. The number of aromatic nitrogens is 5. The minimum absolute atomic E-state index is 0.200. The van der Waals surface area contributed by atoms with Crippen molar-refractivity contribution in [1.82, 2.24) is 29.0 Å². The lowest BCUT2D eigenvalue weighted by Gasteiger charge is -2.32. The van der Waals surface area contributed by atoms with Crippen molar-refractivity contribution in [2.24, 2.45) is 0 Å². The number of nitrogens with zero attached hydrogens (tertiary/aromatic N) is 6. The van der Waals surface area contributed by atoms with E-state index >= 15 is 0 Å². The summed E-state index contributed by atoms with van der Waals surface area (Å²) in [5.41, 5.74) is 0.147. The molecule has 2 aliphatic rings. The summed E-state index contributed by atoms with van der Waals surface area (Å²) in [5.74, 6) is 0.904. The van der Waals surface area contributed by atoms with Gasteiger partial charge in [-0.2, -0.15) is 9.49 Å². The second-order valence-corrected chi connectivity index (χ2v) is 7.26. The first-order valence-corrected chi connectivity index (χ1v) is 8.99. The molecule has 0 spiro atoms. The number of carbonyl (C=O) groups is 1. The van der Waals surface area contributed by atoms with Crippen LogP contribution < -0.4 is 0 Å². The third-order valence-electron chi connectivity index (χ3n) is 5.04. The summed E-state index contributed by atoms with van der Waals surface area (Å²) in [6.07, 6.45) is 3.65. The van der Waals surface area contributed by atoms with Crippen LogP contribution in [0.15, 0.2) is 18.3 Å². The fourth-order valence-electron chi connectivity index (χ4n) is 3.44. The molecule has 0 bridgehead atoms. The molecular weight excluding hydrogens is 359 g/mol. The van der Waals surface area contributed by atoms with Gasteiger partial charge in [0.25, 0.3) is 5.91 Å². The van der Waals surface area contributed by atoms with Crippen LogP contribution in [0.4, 0.5) is 4.39 Å². The zero-order valence-corrected chi connectivity index (χ0v) is 14.8. The predicted molar refractivity (Wildman–Crippen MR) is 91.6 cm³/mol. The topological polar surface area (TPSA) is 68.3 Å². The van der Waals surface area contributed by atoms with Crippen LogP contribution in [0.25, 0.3) is 5.65 Å². The molecule has 134 valence electrons. The molecule has 1 aliphatic carbocycles. The van der Waals surface area contributed by atoms with E-state index in [1.165, 1.54) is 10.6 Å². The number of carbonyl (C=O) groups excluding carboxylic acids is 1. The SMILES string of the molecule is C[C@@H]1c2nc(C3CC3)nn2CCN1C(=O)c1nc2ccc(Cl)cn2c1F. The van der Waals surface area contributed by atoms with Gasteiger partial charge in [-0.15, -0.1) is 0 Å². The predicted octanol–water partition coefficient (Wildman–Crippen LogP) is 2.81. The fourth-order valence-corrected chi connectivity index (χ4v) is 3.60. The first-order chi connectivity index (χ1) is 12.5. The van der Waals surface area contributed by atoms with E-state index in [1.807, 2.05) is 11.6 Å². The zero-order valence-electron chi connectivity index (χ0n) is 14.1. The van der Waals surface area contributed by atoms with Gasteiger partial charge in [0.05, 0.1) is 17.6 Å². The molecule has 1 amide bonds. The summed E-state index contributed by atoms with van der Waals surface area (Å²) in [7, 11) is 0. The van der Waals surface area contributed by atoms with Gasteiger partial charge in [-0.1, -0.05) is 11.6 Å². The number of hydrogen-bond donors (Lipinski definition) is 0. The van der Waals surface area contributed by atoms with E-state index in [4.69, 9.17) is 11.6 Å². The summed E-state index contributed by atoms with van der Waals surface area (Å²) in [6, 6.07) is 2.91. The Labute approximate surface area is 153 Å². The highest BCUT2D eigenvalue weighted by atomic mass is 35.5. The molecule has 0 radical (unpaired) electrons. The van der Waals surface area contributed by atoms with Gasteiger partial charge in [0.2, 0.25) is 5.95 Å². The van der Waals surface area contributed by atoms with Crippen molar-refractivity contribution >= 4 is 23.2 Å². The molecule has 1 saturated carbocycles. The molecule has 1 atom stereocenters. The maximum Gasteiger partial charge on any atom is 0.277 e. The minimum Gasteiger partial charge on any atom is -0.325 e. The number of fused-ring (bicyclic) bond motifs is 2. The number of hydrogen-bond acceptors (Lipinski definition) is 4. The van der Waals surface area contributed by atoms with E-state index < -0.39 is 11.9 Å². The molecule has 0 unspecified atom stereocenters. The van der Waals surface area contributed by atoms with Crippen molar-refractivity contribution in [1.29, 1.82) is 0 Å². The Kier molecular flexibility index (Phi) is 3.34. The molecular formula is C17H16ClFN6O. The van der Waals surface area contributed by atoms with Gasteiger partial charge in [-0.05, 0) is 31.9 Å². The standard InChI is InChI=1S/C17H16ClFN6O/c1-9-16-21-15(10-2-3-10)22-25(16)7-6-23(9)17(26)13-14(19)24-8-11(18)4-5-12(24)20-13/h4-5,8-10H,2-3,6-7H2,1H3/t9-/m1/s1.